The molecule has 0 radical (unpaired) electrons. The average molecular weight is 398 g/mol. The van der Waals surface area contributed by atoms with E-state index in [1.165, 1.54) is 4.90 Å². The van der Waals surface area contributed by atoms with Gasteiger partial charge in [0.2, 0.25) is 5.91 Å². The molecule has 1 aromatic rings. The lowest BCUT2D eigenvalue weighted by Gasteiger charge is -2.40. The number of nitrogens with one attached hydrogen (secondary N) is 1. The molecule has 0 spiro atoms. The number of aryl methyl sites for hydroxylation is 1. The number of carbonyl (C=O) groups is 1. The van der Waals surface area contributed by atoms with Gasteiger partial charge in [0.15, 0.2) is 6.29 Å². The largest absolute Gasteiger partial charge is 0.535 e. The standard InChI is InChI=1S/C17H21BF2N2O6/c19-17(20)5-11(21-8-17)15(23)22-6-10(7-22)27-12-2-1-9-3-4-18(26)28-14(9)13(12)16(24)25/h1-2,10-11,16,21,24-26H,3-8H2/t11-/m0/s1. The molecular weight excluding hydrogens is 377 g/mol. The molecule has 2 saturated heterocycles. The SMILES string of the molecule is O=C([C@@H]1CC(F)(F)CN1)N1CC(Oc2ccc3c(c2C(O)O)OB(O)CC3)C1. The van der Waals surface area contributed by atoms with Crippen LogP contribution in [-0.4, -0.2) is 70.9 Å². The van der Waals surface area contributed by atoms with Crippen molar-refractivity contribution in [1.82, 2.24) is 10.2 Å². The molecule has 28 heavy (non-hydrogen) atoms. The molecule has 0 bridgehead atoms. The van der Waals surface area contributed by atoms with E-state index in [1.807, 2.05) is 0 Å². The van der Waals surface area contributed by atoms with Gasteiger partial charge in [-0.2, -0.15) is 0 Å². The Labute approximate surface area is 160 Å². The minimum Gasteiger partial charge on any atom is -0.535 e. The number of amides is 1. The molecule has 1 atom stereocenters. The molecule has 4 N–H and O–H groups in total. The molecule has 8 nitrogen and oxygen atoms in total. The summed E-state index contributed by atoms with van der Waals surface area (Å²) in [6.07, 6.45) is -1.85. The number of alkyl halides is 2. The number of nitrogens with zero attached hydrogens (tertiary/aromatic N) is 1. The zero-order valence-electron chi connectivity index (χ0n) is 15.0. The highest BCUT2D eigenvalue weighted by Gasteiger charge is 2.46. The number of benzene rings is 1. The Balaban J connectivity index is 1.41. The van der Waals surface area contributed by atoms with Crippen LogP contribution in [0.1, 0.15) is 23.8 Å². The Morgan fingerprint density at radius 3 is 2.79 bits per heavy atom. The van der Waals surface area contributed by atoms with Gasteiger partial charge in [0.1, 0.15) is 17.6 Å². The first-order valence-electron chi connectivity index (χ1n) is 9.17. The Hall–Kier alpha value is -1.95. The molecular formula is C17H21BF2N2O6. The quantitative estimate of drug-likeness (QED) is 0.406. The van der Waals surface area contributed by atoms with E-state index in [2.05, 4.69) is 5.32 Å². The van der Waals surface area contributed by atoms with Crippen molar-refractivity contribution in [1.29, 1.82) is 0 Å². The van der Waals surface area contributed by atoms with Crippen molar-refractivity contribution in [3.63, 3.8) is 0 Å². The minimum atomic E-state index is -2.87. The van der Waals surface area contributed by atoms with E-state index in [-0.39, 0.29) is 30.2 Å². The molecule has 0 saturated carbocycles. The van der Waals surface area contributed by atoms with E-state index in [1.54, 1.807) is 12.1 Å². The Morgan fingerprint density at radius 2 is 2.14 bits per heavy atom. The summed E-state index contributed by atoms with van der Waals surface area (Å²) in [7, 11) is -1.03. The van der Waals surface area contributed by atoms with Gasteiger partial charge in [0.05, 0.1) is 31.2 Å². The van der Waals surface area contributed by atoms with Gasteiger partial charge in [0, 0.05) is 6.42 Å². The average Bonchev–Trinajstić information content (AvgIpc) is 2.96. The molecule has 1 aromatic carbocycles. The summed E-state index contributed by atoms with van der Waals surface area (Å²) < 4.78 is 37.7. The number of aliphatic hydroxyl groups excluding tert-OH is 1. The molecule has 0 aromatic heterocycles. The Bertz CT molecular complexity index is 774. The van der Waals surface area contributed by atoms with Crippen LogP contribution in [0.15, 0.2) is 12.1 Å². The second-order valence-electron chi connectivity index (χ2n) is 7.43. The van der Waals surface area contributed by atoms with Gasteiger partial charge in [-0.1, -0.05) is 6.07 Å². The van der Waals surface area contributed by atoms with Crippen LogP contribution in [0.25, 0.3) is 0 Å². The third kappa shape index (κ3) is 3.67. The second-order valence-corrected chi connectivity index (χ2v) is 7.43. The lowest BCUT2D eigenvalue weighted by Crippen LogP contribution is -2.59. The van der Waals surface area contributed by atoms with Gasteiger partial charge in [0.25, 0.3) is 5.92 Å². The van der Waals surface area contributed by atoms with Crippen LogP contribution in [0, 0.1) is 0 Å². The fourth-order valence-electron chi connectivity index (χ4n) is 3.77. The molecule has 2 fully saturated rings. The van der Waals surface area contributed by atoms with Crippen LogP contribution in [0.4, 0.5) is 8.78 Å². The number of likely N-dealkylation sites (tertiary alicyclic amines) is 1. The molecule has 4 rings (SSSR count). The predicted molar refractivity (Wildman–Crippen MR) is 93.1 cm³/mol. The van der Waals surface area contributed by atoms with Crippen molar-refractivity contribution < 1.29 is 38.2 Å². The monoisotopic (exact) mass is 398 g/mol. The van der Waals surface area contributed by atoms with Crippen LogP contribution in [0.5, 0.6) is 11.5 Å². The molecule has 1 amide bonds. The fourth-order valence-corrected chi connectivity index (χ4v) is 3.77. The molecule has 3 heterocycles. The van der Waals surface area contributed by atoms with Crippen LogP contribution >= 0.6 is 0 Å². The van der Waals surface area contributed by atoms with Gasteiger partial charge >= 0.3 is 7.12 Å². The highest BCUT2D eigenvalue weighted by molar-refractivity contribution is 6.44. The zero-order valence-corrected chi connectivity index (χ0v) is 15.0. The maximum atomic E-state index is 13.3. The molecule has 0 aliphatic carbocycles. The Morgan fingerprint density at radius 1 is 1.39 bits per heavy atom. The van der Waals surface area contributed by atoms with Gasteiger partial charge in [-0.3, -0.25) is 10.1 Å². The normalized spacial score (nSPS) is 24.0. The lowest BCUT2D eigenvalue weighted by atomic mass is 9.78. The van der Waals surface area contributed by atoms with Crippen molar-refractivity contribution in [3.05, 3.63) is 23.3 Å². The number of aliphatic hydroxyl groups is 2. The van der Waals surface area contributed by atoms with Crippen LogP contribution in [0.3, 0.4) is 0 Å². The number of halogens is 2. The number of hydrogen-bond acceptors (Lipinski definition) is 7. The summed E-state index contributed by atoms with van der Waals surface area (Å²) in [5.74, 6) is -2.89. The minimum absolute atomic E-state index is 0.0260. The van der Waals surface area contributed by atoms with E-state index in [4.69, 9.17) is 9.39 Å². The van der Waals surface area contributed by atoms with Crippen molar-refractivity contribution in [2.24, 2.45) is 0 Å². The predicted octanol–water partition coefficient (Wildman–Crippen LogP) is -0.328. The van der Waals surface area contributed by atoms with Gasteiger partial charge in [-0.25, -0.2) is 8.78 Å². The van der Waals surface area contributed by atoms with Crippen molar-refractivity contribution in [2.45, 2.75) is 43.5 Å². The molecule has 0 unspecified atom stereocenters. The number of hydrogen-bond donors (Lipinski definition) is 4. The summed E-state index contributed by atoms with van der Waals surface area (Å²) in [6.45, 7) is -0.0792. The summed E-state index contributed by atoms with van der Waals surface area (Å²) in [4.78, 5) is 13.7. The van der Waals surface area contributed by atoms with Crippen LogP contribution in [0.2, 0.25) is 6.32 Å². The third-order valence-corrected chi connectivity index (χ3v) is 5.27. The smallest absolute Gasteiger partial charge is 0.522 e. The number of carbonyl (C=O) groups excluding carboxylic acids is 1. The van der Waals surface area contributed by atoms with E-state index < -0.39 is 50.3 Å². The van der Waals surface area contributed by atoms with E-state index >= 15 is 0 Å². The third-order valence-electron chi connectivity index (χ3n) is 5.27. The van der Waals surface area contributed by atoms with E-state index in [9.17, 15) is 28.8 Å². The van der Waals surface area contributed by atoms with Crippen LogP contribution in [-0.2, 0) is 11.2 Å². The zero-order chi connectivity index (χ0) is 20.1. The summed E-state index contributed by atoms with van der Waals surface area (Å²) in [5.41, 5.74) is 0.762. The molecule has 11 heteroatoms. The van der Waals surface area contributed by atoms with Gasteiger partial charge in [-0.15, -0.1) is 0 Å². The second kappa shape index (κ2) is 7.14. The van der Waals surface area contributed by atoms with Gasteiger partial charge < -0.3 is 29.5 Å². The topological polar surface area (TPSA) is 111 Å². The fraction of sp³-hybridized carbons (Fsp3) is 0.588. The van der Waals surface area contributed by atoms with Crippen molar-refractivity contribution >= 4 is 13.0 Å². The first-order valence-corrected chi connectivity index (χ1v) is 9.17. The highest BCUT2D eigenvalue weighted by atomic mass is 19.3. The Kier molecular flexibility index (Phi) is 4.94. The molecule has 3 aliphatic rings. The van der Waals surface area contributed by atoms with E-state index in [0.29, 0.717) is 12.7 Å². The summed E-state index contributed by atoms with van der Waals surface area (Å²) in [6, 6.07) is 2.43. The van der Waals surface area contributed by atoms with Crippen molar-refractivity contribution in [3.8, 4) is 11.5 Å². The number of ether oxygens (including phenoxy) is 1. The first kappa shape index (κ1) is 19.4. The maximum Gasteiger partial charge on any atom is 0.522 e. The maximum absolute atomic E-state index is 13.3. The molecule has 3 aliphatic heterocycles. The number of rotatable bonds is 4. The lowest BCUT2D eigenvalue weighted by molar-refractivity contribution is -0.142. The number of fused-ring (bicyclic) bond motifs is 1. The van der Waals surface area contributed by atoms with E-state index in [0.717, 1.165) is 5.56 Å². The highest BCUT2D eigenvalue weighted by Crippen LogP contribution is 2.40. The summed E-state index contributed by atoms with van der Waals surface area (Å²) >= 11 is 0. The first-order chi connectivity index (χ1) is 13.2. The van der Waals surface area contributed by atoms with Crippen molar-refractivity contribution in [2.75, 3.05) is 19.6 Å². The molecule has 152 valence electrons. The van der Waals surface area contributed by atoms with Gasteiger partial charge in [-0.05, 0) is 24.4 Å². The summed E-state index contributed by atoms with van der Waals surface area (Å²) in [5, 5.41) is 31.7. The van der Waals surface area contributed by atoms with Crippen LogP contribution < -0.4 is 14.7 Å².